The number of anilines is 1. The van der Waals surface area contributed by atoms with Crippen molar-refractivity contribution in [3.8, 4) is 17.2 Å². The van der Waals surface area contributed by atoms with Crippen molar-refractivity contribution in [3.05, 3.63) is 42.0 Å². The number of nitrogens with one attached hydrogen (secondary N) is 2. The molecule has 0 atom stereocenters. The summed E-state index contributed by atoms with van der Waals surface area (Å²) in [7, 11) is -0.683. The summed E-state index contributed by atoms with van der Waals surface area (Å²) in [4.78, 5) is 11.5. The Morgan fingerprint density at radius 2 is 1.89 bits per heavy atom. The van der Waals surface area contributed by atoms with Crippen LogP contribution in [0.25, 0.3) is 0 Å². The van der Waals surface area contributed by atoms with Crippen LogP contribution < -0.4 is 24.2 Å². The molecule has 0 spiro atoms. The second kappa shape index (κ2) is 7.85. The number of amides is 1. The van der Waals surface area contributed by atoms with Crippen LogP contribution in [0.3, 0.4) is 0 Å². The van der Waals surface area contributed by atoms with E-state index in [1.165, 1.54) is 26.4 Å². The van der Waals surface area contributed by atoms with Crippen LogP contribution in [0.4, 0.5) is 5.69 Å². The van der Waals surface area contributed by atoms with Gasteiger partial charge in [-0.15, -0.1) is 0 Å². The van der Waals surface area contributed by atoms with Crippen molar-refractivity contribution >= 4 is 21.6 Å². The van der Waals surface area contributed by atoms with Crippen molar-refractivity contribution < 1.29 is 27.4 Å². The molecule has 0 saturated carbocycles. The Morgan fingerprint density at radius 3 is 2.63 bits per heavy atom. The number of rotatable bonds is 8. The lowest BCUT2D eigenvalue weighted by Crippen LogP contribution is -2.28. The van der Waals surface area contributed by atoms with E-state index in [9.17, 15) is 13.2 Å². The normalized spacial score (nSPS) is 13.0. The molecule has 0 aromatic heterocycles. The first-order valence-corrected chi connectivity index (χ1v) is 9.69. The monoisotopic (exact) mass is 392 g/mol. The minimum Gasteiger partial charge on any atom is -0.493 e. The van der Waals surface area contributed by atoms with Gasteiger partial charge < -0.3 is 19.5 Å². The van der Waals surface area contributed by atoms with Gasteiger partial charge in [-0.1, -0.05) is 6.07 Å². The number of para-hydroxylation sites is 1. The molecule has 1 aliphatic rings. The van der Waals surface area contributed by atoms with Gasteiger partial charge in [-0.05, 0) is 35.9 Å². The molecule has 0 fully saturated rings. The average molecular weight is 392 g/mol. The van der Waals surface area contributed by atoms with Crippen LogP contribution in [0.15, 0.2) is 41.3 Å². The van der Waals surface area contributed by atoms with E-state index in [1.807, 2.05) is 0 Å². The van der Waals surface area contributed by atoms with Crippen molar-refractivity contribution in [2.75, 3.05) is 32.7 Å². The first kappa shape index (κ1) is 19.0. The Bertz CT molecular complexity index is 958. The fraction of sp³-hybridized carbons (Fsp3) is 0.278. The van der Waals surface area contributed by atoms with E-state index < -0.39 is 10.0 Å². The van der Waals surface area contributed by atoms with E-state index >= 15 is 0 Å². The lowest BCUT2D eigenvalue weighted by Gasteiger charge is -2.14. The quantitative estimate of drug-likeness (QED) is 0.661. The van der Waals surface area contributed by atoms with Gasteiger partial charge in [0.25, 0.3) is 0 Å². The van der Waals surface area contributed by atoms with Gasteiger partial charge in [0.15, 0.2) is 11.5 Å². The number of methoxy groups -OCH3 is 2. The largest absolute Gasteiger partial charge is 0.493 e. The molecular weight excluding hydrogens is 372 g/mol. The first-order valence-electron chi connectivity index (χ1n) is 8.21. The van der Waals surface area contributed by atoms with Crippen LogP contribution in [0.1, 0.15) is 5.56 Å². The number of benzene rings is 2. The van der Waals surface area contributed by atoms with Crippen LogP contribution in [-0.4, -0.2) is 41.7 Å². The Morgan fingerprint density at radius 1 is 1.11 bits per heavy atom. The summed E-state index contributed by atoms with van der Waals surface area (Å²) in [6.07, 6.45) is 0.178. The minimum absolute atomic E-state index is 0.0664. The van der Waals surface area contributed by atoms with Crippen LogP contribution >= 0.6 is 0 Å². The zero-order valence-electron chi connectivity index (χ0n) is 14.9. The van der Waals surface area contributed by atoms with Gasteiger partial charge in [0.05, 0.1) is 25.5 Å². The summed E-state index contributed by atoms with van der Waals surface area (Å²) in [5.41, 5.74) is 1.31. The number of carbonyl (C=O) groups excluding carboxylic acids is 1. The van der Waals surface area contributed by atoms with Gasteiger partial charge in [-0.25, -0.2) is 13.1 Å². The fourth-order valence-electron chi connectivity index (χ4n) is 2.76. The van der Waals surface area contributed by atoms with E-state index in [-0.39, 0.29) is 30.4 Å². The molecule has 0 aliphatic carbocycles. The standard InChI is InChI=1S/C18H20N2O6S/c1-24-15-4-3-5-16(18(15)25-2)26-9-8-19-27(22,23)13-6-7-14-12(10-13)11-17(21)20-14/h3-7,10,19H,8-9,11H2,1-2H3,(H,20,21). The highest BCUT2D eigenvalue weighted by molar-refractivity contribution is 7.89. The molecule has 0 unspecified atom stereocenters. The summed E-state index contributed by atoms with van der Waals surface area (Å²) < 4.78 is 43.4. The Balaban J connectivity index is 1.61. The van der Waals surface area contributed by atoms with Gasteiger partial charge in [-0.3, -0.25) is 4.79 Å². The van der Waals surface area contributed by atoms with E-state index in [1.54, 1.807) is 24.3 Å². The summed E-state index contributed by atoms with van der Waals surface area (Å²) >= 11 is 0. The Labute approximate surface area is 157 Å². The number of hydrogen-bond donors (Lipinski definition) is 2. The molecule has 8 nitrogen and oxygen atoms in total. The molecule has 3 rings (SSSR count). The second-order valence-corrected chi connectivity index (χ2v) is 7.55. The van der Waals surface area contributed by atoms with Crippen molar-refractivity contribution in [1.82, 2.24) is 4.72 Å². The summed E-state index contributed by atoms with van der Waals surface area (Å²) in [5, 5.41) is 2.67. The van der Waals surface area contributed by atoms with Crippen LogP contribution in [0.2, 0.25) is 0 Å². The van der Waals surface area contributed by atoms with Crippen molar-refractivity contribution in [2.24, 2.45) is 0 Å². The topological polar surface area (TPSA) is 103 Å². The molecule has 1 aliphatic heterocycles. The zero-order valence-corrected chi connectivity index (χ0v) is 15.8. The molecule has 9 heteroatoms. The van der Waals surface area contributed by atoms with Gasteiger partial charge >= 0.3 is 0 Å². The van der Waals surface area contributed by atoms with Gasteiger partial charge in [0.1, 0.15) is 6.61 Å². The molecule has 144 valence electrons. The molecule has 1 heterocycles. The predicted octanol–water partition coefficient (Wildman–Crippen LogP) is 1.56. The molecule has 2 N–H and O–H groups in total. The van der Waals surface area contributed by atoms with E-state index in [0.29, 0.717) is 28.5 Å². The molecular formula is C18H20N2O6S. The minimum atomic E-state index is -3.71. The van der Waals surface area contributed by atoms with Gasteiger partial charge in [0, 0.05) is 12.2 Å². The highest BCUT2D eigenvalue weighted by Crippen LogP contribution is 2.36. The average Bonchev–Trinajstić information content (AvgIpc) is 3.04. The summed E-state index contributed by atoms with van der Waals surface area (Å²) in [6, 6.07) is 9.75. The molecule has 1 amide bonds. The maximum absolute atomic E-state index is 12.4. The Kier molecular flexibility index (Phi) is 5.52. The smallest absolute Gasteiger partial charge is 0.240 e. The molecule has 2 aromatic carbocycles. The summed E-state index contributed by atoms with van der Waals surface area (Å²) in [6.45, 7) is 0.171. The molecule has 27 heavy (non-hydrogen) atoms. The third-order valence-corrected chi connectivity index (χ3v) is 5.49. The number of hydrogen-bond acceptors (Lipinski definition) is 6. The first-order chi connectivity index (χ1) is 12.9. The number of fused-ring (bicyclic) bond motifs is 1. The van der Waals surface area contributed by atoms with Crippen LogP contribution in [0, 0.1) is 0 Å². The van der Waals surface area contributed by atoms with E-state index in [0.717, 1.165) is 0 Å². The molecule has 0 radical (unpaired) electrons. The number of sulfonamides is 1. The fourth-order valence-corrected chi connectivity index (χ4v) is 3.83. The maximum atomic E-state index is 12.4. The molecule has 2 aromatic rings. The highest BCUT2D eigenvalue weighted by Gasteiger charge is 2.21. The van der Waals surface area contributed by atoms with Gasteiger partial charge in [-0.2, -0.15) is 0 Å². The van der Waals surface area contributed by atoms with Crippen LogP contribution in [0.5, 0.6) is 17.2 Å². The van der Waals surface area contributed by atoms with E-state index in [4.69, 9.17) is 14.2 Å². The Hall–Kier alpha value is -2.78. The second-order valence-electron chi connectivity index (χ2n) is 5.78. The van der Waals surface area contributed by atoms with E-state index in [2.05, 4.69) is 10.0 Å². The maximum Gasteiger partial charge on any atom is 0.240 e. The predicted molar refractivity (Wildman–Crippen MR) is 99.0 cm³/mol. The van der Waals surface area contributed by atoms with Crippen molar-refractivity contribution in [2.45, 2.75) is 11.3 Å². The van der Waals surface area contributed by atoms with Crippen molar-refractivity contribution in [3.63, 3.8) is 0 Å². The highest BCUT2D eigenvalue weighted by atomic mass is 32.2. The third-order valence-electron chi connectivity index (χ3n) is 4.03. The zero-order chi connectivity index (χ0) is 19.4. The van der Waals surface area contributed by atoms with Crippen LogP contribution in [-0.2, 0) is 21.2 Å². The lowest BCUT2D eigenvalue weighted by atomic mass is 10.2. The van der Waals surface area contributed by atoms with Gasteiger partial charge in [0.2, 0.25) is 21.7 Å². The molecule has 0 bridgehead atoms. The molecule has 0 saturated heterocycles. The number of carbonyl (C=O) groups is 1. The summed E-state index contributed by atoms with van der Waals surface area (Å²) in [5.74, 6) is 1.28. The lowest BCUT2D eigenvalue weighted by molar-refractivity contribution is -0.115. The SMILES string of the molecule is COc1cccc(OCCNS(=O)(=O)c2ccc3c(c2)CC(=O)N3)c1OC. The van der Waals surface area contributed by atoms with Crippen molar-refractivity contribution in [1.29, 1.82) is 0 Å². The number of ether oxygens (including phenoxy) is 3. The third kappa shape index (κ3) is 4.15.